The smallest absolute Gasteiger partial charge is 0.289 e. The van der Waals surface area contributed by atoms with Crippen molar-refractivity contribution < 1.29 is 22.4 Å². The Morgan fingerprint density at radius 2 is 1.73 bits per heavy atom. The van der Waals surface area contributed by atoms with Crippen LogP contribution in [-0.2, 0) is 10.0 Å². The van der Waals surface area contributed by atoms with Crippen molar-refractivity contribution in [1.29, 1.82) is 0 Å². The van der Waals surface area contributed by atoms with Gasteiger partial charge in [0.15, 0.2) is 5.76 Å². The Morgan fingerprint density at radius 1 is 1.07 bits per heavy atom. The van der Waals surface area contributed by atoms with E-state index in [0.29, 0.717) is 30.2 Å². The molecule has 9 heteroatoms. The number of ether oxygens (including phenoxy) is 1. The lowest BCUT2D eigenvalue weighted by Gasteiger charge is -2.33. The summed E-state index contributed by atoms with van der Waals surface area (Å²) < 4.78 is 39.0. The van der Waals surface area contributed by atoms with Gasteiger partial charge in [-0.1, -0.05) is 15.9 Å². The van der Waals surface area contributed by atoms with Crippen LogP contribution in [0.2, 0.25) is 0 Å². The minimum absolute atomic E-state index is 0.210. The summed E-state index contributed by atoms with van der Waals surface area (Å²) in [6.45, 7) is 2.91. The highest BCUT2D eigenvalue weighted by Crippen LogP contribution is 2.29. The minimum atomic E-state index is -3.62. The number of rotatable bonds is 4. The highest BCUT2D eigenvalue weighted by Gasteiger charge is 2.32. The fraction of sp³-hybridized carbons (Fsp3) is 0.286. The molecule has 2 heterocycles. The minimum Gasteiger partial charge on any atom is -0.497 e. The average Bonchev–Trinajstić information content (AvgIpc) is 3.09. The second kappa shape index (κ2) is 8.05. The van der Waals surface area contributed by atoms with Crippen molar-refractivity contribution in [3.8, 4) is 5.75 Å². The Bertz CT molecular complexity index is 1200. The van der Waals surface area contributed by atoms with Crippen molar-refractivity contribution in [3.63, 3.8) is 0 Å². The zero-order valence-electron chi connectivity index (χ0n) is 16.6. The van der Waals surface area contributed by atoms with Gasteiger partial charge in [0.2, 0.25) is 10.0 Å². The molecular formula is C21H21BrN2O5S. The number of sulfonamides is 1. The number of piperazine rings is 1. The van der Waals surface area contributed by atoms with E-state index in [9.17, 15) is 13.2 Å². The Hall–Kier alpha value is -2.36. The summed E-state index contributed by atoms with van der Waals surface area (Å²) in [7, 11) is -2.09. The van der Waals surface area contributed by atoms with E-state index in [-0.39, 0.29) is 23.9 Å². The maximum Gasteiger partial charge on any atom is 0.289 e. The van der Waals surface area contributed by atoms with Gasteiger partial charge in [0.1, 0.15) is 11.3 Å². The first-order valence-corrected chi connectivity index (χ1v) is 11.7. The summed E-state index contributed by atoms with van der Waals surface area (Å²) in [6.07, 6.45) is 0. The summed E-state index contributed by atoms with van der Waals surface area (Å²) in [5.41, 5.74) is 1.43. The van der Waals surface area contributed by atoms with Crippen LogP contribution in [0.1, 0.15) is 16.1 Å². The van der Waals surface area contributed by atoms with Crippen molar-refractivity contribution in [2.45, 2.75) is 11.8 Å². The molecule has 30 heavy (non-hydrogen) atoms. The third-order valence-electron chi connectivity index (χ3n) is 5.32. The number of aryl methyl sites for hydroxylation is 1. The molecule has 0 saturated carbocycles. The molecule has 1 aliphatic heterocycles. The summed E-state index contributed by atoms with van der Waals surface area (Å²) in [4.78, 5) is 14.9. The fourth-order valence-electron chi connectivity index (χ4n) is 3.57. The van der Waals surface area contributed by atoms with Gasteiger partial charge in [0.25, 0.3) is 5.91 Å². The van der Waals surface area contributed by atoms with Crippen LogP contribution in [0.15, 0.2) is 56.2 Å². The van der Waals surface area contributed by atoms with Crippen molar-refractivity contribution in [1.82, 2.24) is 9.21 Å². The zero-order valence-corrected chi connectivity index (χ0v) is 19.0. The first-order chi connectivity index (χ1) is 14.3. The highest BCUT2D eigenvalue weighted by molar-refractivity contribution is 9.10. The lowest BCUT2D eigenvalue weighted by atomic mass is 10.1. The molecule has 158 valence electrons. The van der Waals surface area contributed by atoms with Gasteiger partial charge in [0.05, 0.1) is 12.0 Å². The van der Waals surface area contributed by atoms with E-state index in [0.717, 1.165) is 15.4 Å². The van der Waals surface area contributed by atoms with Crippen LogP contribution >= 0.6 is 15.9 Å². The van der Waals surface area contributed by atoms with Gasteiger partial charge in [-0.05, 0) is 49.4 Å². The van der Waals surface area contributed by atoms with Crippen LogP contribution in [0, 0.1) is 6.92 Å². The molecule has 1 amide bonds. The lowest BCUT2D eigenvalue weighted by Crippen LogP contribution is -2.50. The maximum absolute atomic E-state index is 13.0. The standard InChI is InChI=1S/C21H21BrN2O5S/c1-14-18-13-15(22)3-8-19(18)29-20(14)21(25)23-9-11-24(12-10-23)30(26,27)17-6-4-16(28-2)5-7-17/h3-8,13H,9-12H2,1-2H3. The molecule has 0 unspecified atom stereocenters. The van der Waals surface area contributed by atoms with Gasteiger partial charge in [0, 0.05) is 41.6 Å². The van der Waals surface area contributed by atoms with Crippen molar-refractivity contribution in [2.24, 2.45) is 0 Å². The van der Waals surface area contributed by atoms with Crippen LogP contribution in [0.4, 0.5) is 0 Å². The van der Waals surface area contributed by atoms with Gasteiger partial charge in [-0.25, -0.2) is 8.42 Å². The van der Waals surface area contributed by atoms with E-state index in [1.165, 1.54) is 23.5 Å². The van der Waals surface area contributed by atoms with E-state index in [1.807, 2.05) is 25.1 Å². The van der Waals surface area contributed by atoms with Crippen molar-refractivity contribution in [3.05, 3.63) is 58.3 Å². The lowest BCUT2D eigenvalue weighted by molar-refractivity contribution is 0.0667. The number of nitrogens with zero attached hydrogens (tertiary/aromatic N) is 2. The summed E-state index contributed by atoms with van der Waals surface area (Å²) >= 11 is 3.44. The number of carbonyl (C=O) groups is 1. The summed E-state index contributed by atoms with van der Waals surface area (Å²) in [6, 6.07) is 11.9. The second-order valence-corrected chi connectivity index (χ2v) is 9.92. The average molecular weight is 493 g/mol. The first kappa shape index (κ1) is 20.9. The summed E-state index contributed by atoms with van der Waals surface area (Å²) in [5, 5.41) is 0.883. The highest BCUT2D eigenvalue weighted by atomic mass is 79.9. The zero-order chi connectivity index (χ0) is 21.5. The van der Waals surface area contributed by atoms with Crippen LogP contribution in [0.5, 0.6) is 5.75 Å². The van der Waals surface area contributed by atoms with Crippen molar-refractivity contribution >= 4 is 42.8 Å². The number of fused-ring (bicyclic) bond motifs is 1. The topological polar surface area (TPSA) is 80.1 Å². The molecular weight excluding hydrogens is 472 g/mol. The molecule has 1 aromatic heterocycles. The van der Waals surface area contributed by atoms with Crippen LogP contribution in [0.25, 0.3) is 11.0 Å². The third-order valence-corrected chi connectivity index (χ3v) is 7.72. The van der Waals surface area contributed by atoms with Crippen molar-refractivity contribution in [2.75, 3.05) is 33.3 Å². The molecule has 1 saturated heterocycles. The number of furan rings is 1. The molecule has 0 radical (unpaired) electrons. The number of hydrogen-bond donors (Lipinski definition) is 0. The molecule has 1 fully saturated rings. The largest absolute Gasteiger partial charge is 0.497 e. The molecule has 4 rings (SSSR count). The van der Waals surface area contributed by atoms with E-state index in [4.69, 9.17) is 9.15 Å². The molecule has 7 nitrogen and oxygen atoms in total. The number of halogens is 1. The quantitative estimate of drug-likeness (QED) is 0.555. The second-order valence-electron chi connectivity index (χ2n) is 7.07. The number of carbonyl (C=O) groups excluding carboxylic acids is 1. The number of hydrogen-bond acceptors (Lipinski definition) is 5. The first-order valence-electron chi connectivity index (χ1n) is 9.43. The predicted molar refractivity (Wildman–Crippen MR) is 116 cm³/mol. The molecule has 1 aliphatic rings. The van der Waals surface area contributed by atoms with E-state index >= 15 is 0 Å². The third kappa shape index (κ3) is 3.73. The van der Waals surface area contributed by atoms with Gasteiger partial charge in [-0.2, -0.15) is 4.31 Å². The molecule has 0 N–H and O–H groups in total. The Balaban J connectivity index is 1.49. The van der Waals surface area contributed by atoms with E-state index in [2.05, 4.69) is 15.9 Å². The fourth-order valence-corrected chi connectivity index (χ4v) is 5.35. The predicted octanol–water partition coefficient (Wildman–Crippen LogP) is 3.66. The normalized spacial score (nSPS) is 15.5. The Labute approximate surface area is 183 Å². The number of amides is 1. The maximum atomic E-state index is 13.0. The molecule has 0 aliphatic carbocycles. The van der Waals surface area contributed by atoms with Crippen LogP contribution < -0.4 is 4.74 Å². The summed E-state index contributed by atoms with van der Waals surface area (Å²) in [5.74, 6) is 0.675. The van der Waals surface area contributed by atoms with Crippen LogP contribution in [-0.4, -0.2) is 56.8 Å². The molecule has 0 spiro atoms. The molecule has 0 atom stereocenters. The molecule has 0 bridgehead atoms. The SMILES string of the molecule is COc1ccc(S(=O)(=O)N2CCN(C(=O)c3oc4ccc(Br)cc4c3C)CC2)cc1. The molecule has 3 aromatic rings. The Kier molecular flexibility index (Phi) is 5.61. The van der Waals surface area contributed by atoms with Gasteiger partial charge in [-0.3, -0.25) is 4.79 Å². The van der Waals surface area contributed by atoms with Crippen LogP contribution in [0.3, 0.4) is 0 Å². The van der Waals surface area contributed by atoms with E-state index in [1.54, 1.807) is 17.0 Å². The van der Waals surface area contributed by atoms with E-state index < -0.39 is 10.0 Å². The van der Waals surface area contributed by atoms with Gasteiger partial charge >= 0.3 is 0 Å². The van der Waals surface area contributed by atoms with Gasteiger partial charge < -0.3 is 14.1 Å². The number of methoxy groups -OCH3 is 1. The van der Waals surface area contributed by atoms with Gasteiger partial charge in [-0.15, -0.1) is 0 Å². The monoisotopic (exact) mass is 492 g/mol. The number of benzene rings is 2. The Morgan fingerprint density at radius 3 is 2.37 bits per heavy atom. The molecule has 2 aromatic carbocycles.